The Morgan fingerprint density at radius 1 is 1.33 bits per heavy atom. The van der Waals surface area contributed by atoms with Crippen molar-refractivity contribution in [3.63, 3.8) is 0 Å². The first-order valence-corrected chi connectivity index (χ1v) is 8.99. The molecule has 1 aliphatic heterocycles. The number of aryl methyl sites for hydroxylation is 1. The number of nitriles is 1. The van der Waals surface area contributed by atoms with Gasteiger partial charge in [0.25, 0.3) is 0 Å². The highest BCUT2D eigenvalue weighted by Crippen LogP contribution is 2.38. The second-order valence-corrected chi connectivity index (χ2v) is 6.79. The van der Waals surface area contributed by atoms with Crippen molar-refractivity contribution in [3.05, 3.63) is 41.4 Å². The first-order valence-electron chi connectivity index (χ1n) is 8.99. The van der Waals surface area contributed by atoms with E-state index in [4.69, 9.17) is 14.9 Å². The van der Waals surface area contributed by atoms with E-state index >= 15 is 0 Å². The van der Waals surface area contributed by atoms with Gasteiger partial charge in [-0.25, -0.2) is 4.98 Å². The highest BCUT2D eigenvalue weighted by molar-refractivity contribution is 5.82. The number of nitrogen functional groups attached to an aromatic ring is 1. The summed E-state index contributed by atoms with van der Waals surface area (Å²) in [5, 5.41) is 13.9. The van der Waals surface area contributed by atoms with E-state index < -0.39 is 0 Å². The Labute approximate surface area is 157 Å². The van der Waals surface area contributed by atoms with E-state index in [1.165, 1.54) is 0 Å². The van der Waals surface area contributed by atoms with E-state index in [-0.39, 0.29) is 11.9 Å². The summed E-state index contributed by atoms with van der Waals surface area (Å²) in [4.78, 5) is 4.45. The van der Waals surface area contributed by atoms with Crippen molar-refractivity contribution in [2.45, 2.75) is 32.3 Å². The Morgan fingerprint density at radius 3 is 2.85 bits per heavy atom. The van der Waals surface area contributed by atoms with Crippen LogP contribution in [0.1, 0.15) is 42.3 Å². The van der Waals surface area contributed by atoms with Crippen LogP contribution in [0.4, 0.5) is 5.82 Å². The maximum absolute atomic E-state index is 9.65. The minimum Gasteiger partial charge on any atom is -0.458 e. The molecule has 1 unspecified atom stereocenters. The number of nitrogens with two attached hydrogens (primary N) is 1. The molecule has 3 aromatic rings. The zero-order valence-corrected chi connectivity index (χ0v) is 15.4. The molecule has 1 saturated heterocycles. The highest BCUT2D eigenvalue weighted by atomic mass is 16.5. The second kappa shape index (κ2) is 6.89. The predicted octanol–water partition coefficient (Wildman–Crippen LogP) is 3.75. The van der Waals surface area contributed by atoms with Gasteiger partial charge in [0, 0.05) is 31.0 Å². The van der Waals surface area contributed by atoms with Gasteiger partial charge in [-0.15, -0.1) is 0 Å². The molecule has 4 rings (SSSR count). The minimum atomic E-state index is -0.0321. The summed E-state index contributed by atoms with van der Waals surface area (Å²) in [6.45, 7) is 2.67. The van der Waals surface area contributed by atoms with E-state index in [0.29, 0.717) is 22.6 Å². The lowest BCUT2D eigenvalue weighted by Crippen LogP contribution is -2.10. The van der Waals surface area contributed by atoms with Crippen LogP contribution in [0, 0.1) is 18.3 Å². The third kappa shape index (κ3) is 3.09. The lowest BCUT2D eigenvalue weighted by atomic mass is 9.97. The van der Waals surface area contributed by atoms with E-state index in [2.05, 4.69) is 16.2 Å². The Hall–Kier alpha value is -3.11. The number of rotatable bonds is 3. The molecule has 0 aliphatic carbocycles. The van der Waals surface area contributed by atoms with Crippen LogP contribution >= 0.6 is 0 Å². The molecular formula is C20H21N5O2. The fraction of sp³-hybridized carbons (Fsp3) is 0.350. The summed E-state index contributed by atoms with van der Waals surface area (Å²) in [6.07, 6.45) is 6.71. The lowest BCUT2D eigenvalue weighted by Gasteiger charge is -2.20. The molecule has 1 aliphatic rings. The van der Waals surface area contributed by atoms with Gasteiger partial charge in [0.2, 0.25) is 0 Å². The maximum Gasteiger partial charge on any atom is 0.142 e. The average Bonchev–Trinajstić information content (AvgIpc) is 3.33. The van der Waals surface area contributed by atoms with Crippen LogP contribution in [0.3, 0.4) is 0 Å². The Morgan fingerprint density at radius 2 is 2.19 bits per heavy atom. The van der Waals surface area contributed by atoms with Crippen LogP contribution in [0.2, 0.25) is 0 Å². The third-order valence-corrected chi connectivity index (χ3v) is 4.93. The molecule has 138 valence electrons. The smallest absolute Gasteiger partial charge is 0.142 e. The van der Waals surface area contributed by atoms with Gasteiger partial charge in [0.15, 0.2) is 0 Å². The number of anilines is 1. The summed E-state index contributed by atoms with van der Waals surface area (Å²) < 4.78 is 13.6. The molecular weight excluding hydrogens is 342 g/mol. The summed E-state index contributed by atoms with van der Waals surface area (Å²) in [5.74, 6) is 1.57. The first kappa shape index (κ1) is 17.3. The predicted molar refractivity (Wildman–Crippen MR) is 101 cm³/mol. The molecule has 3 aromatic heterocycles. The van der Waals surface area contributed by atoms with Crippen LogP contribution in [0.5, 0.6) is 0 Å². The van der Waals surface area contributed by atoms with Gasteiger partial charge in [-0.05, 0) is 43.9 Å². The number of pyridine rings is 1. The van der Waals surface area contributed by atoms with E-state index in [1.54, 1.807) is 10.9 Å². The summed E-state index contributed by atoms with van der Waals surface area (Å²) in [6, 6.07) is 5.98. The average molecular weight is 363 g/mol. The van der Waals surface area contributed by atoms with Crippen molar-refractivity contribution in [2.24, 2.45) is 7.05 Å². The SMILES string of the molecule is Cc1c(-c2cnn(C)c2)nc(N)c(C#N)c1-c1ccc(C2CCCCO2)o1. The van der Waals surface area contributed by atoms with E-state index in [0.717, 1.165) is 42.8 Å². The van der Waals surface area contributed by atoms with Gasteiger partial charge in [-0.3, -0.25) is 4.68 Å². The number of ether oxygens (including phenoxy) is 1. The molecule has 0 aromatic carbocycles. The molecule has 7 heteroatoms. The number of aromatic nitrogens is 3. The van der Waals surface area contributed by atoms with Crippen molar-refractivity contribution in [1.82, 2.24) is 14.8 Å². The maximum atomic E-state index is 9.65. The normalized spacial score (nSPS) is 17.0. The molecule has 2 N–H and O–H groups in total. The first-order chi connectivity index (χ1) is 13.1. The van der Waals surface area contributed by atoms with Crippen molar-refractivity contribution >= 4 is 5.82 Å². The van der Waals surface area contributed by atoms with Gasteiger partial charge in [-0.1, -0.05) is 0 Å². The number of furan rings is 1. The topological polar surface area (TPSA) is 103 Å². The van der Waals surface area contributed by atoms with Gasteiger partial charge in [0.1, 0.15) is 35.1 Å². The number of nitrogens with zero attached hydrogens (tertiary/aromatic N) is 4. The van der Waals surface area contributed by atoms with Crippen LogP contribution in [0.25, 0.3) is 22.6 Å². The monoisotopic (exact) mass is 363 g/mol. The van der Waals surface area contributed by atoms with Crippen LogP contribution in [-0.2, 0) is 11.8 Å². The molecule has 1 fully saturated rings. The summed E-state index contributed by atoms with van der Waals surface area (Å²) >= 11 is 0. The van der Waals surface area contributed by atoms with Crippen LogP contribution < -0.4 is 5.73 Å². The quantitative estimate of drug-likeness (QED) is 0.760. The van der Waals surface area contributed by atoms with Gasteiger partial charge in [-0.2, -0.15) is 10.4 Å². The van der Waals surface area contributed by atoms with E-state index in [1.807, 2.05) is 32.3 Å². The molecule has 7 nitrogen and oxygen atoms in total. The Balaban J connectivity index is 1.83. The minimum absolute atomic E-state index is 0.0321. The number of hydrogen-bond acceptors (Lipinski definition) is 6. The van der Waals surface area contributed by atoms with Crippen LogP contribution in [0.15, 0.2) is 28.9 Å². The lowest BCUT2D eigenvalue weighted by molar-refractivity contribution is 0.00221. The largest absolute Gasteiger partial charge is 0.458 e. The second-order valence-electron chi connectivity index (χ2n) is 6.79. The van der Waals surface area contributed by atoms with Crippen molar-refractivity contribution < 1.29 is 9.15 Å². The molecule has 0 radical (unpaired) electrons. The fourth-order valence-corrected chi connectivity index (χ4v) is 3.57. The van der Waals surface area contributed by atoms with Gasteiger partial charge >= 0.3 is 0 Å². The van der Waals surface area contributed by atoms with Crippen molar-refractivity contribution in [3.8, 4) is 28.7 Å². The third-order valence-electron chi connectivity index (χ3n) is 4.93. The molecule has 1 atom stereocenters. The Bertz CT molecular complexity index is 1020. The summed E-state index contributed by atoms with van der Waals surface area (Å²) in [7, 11) is 1.84. The highest BCUT2D eigenvalue weighted by Gasteiger charge is 2.24. The molecule has 4 heterocycles. The summed E-state index contributed by atoms with van der Waals surface area (Å²) in [5.41, 5.74) is 9.47. The van der Waals surface area contributed by atoms with Crippen molar-refractivity contribution in [1.29, 1.82) is 5.26 Å². The molecule has 0 spiro atoms. The van der Waals surface area contributed by atoms with E-state index in [9.17, 15) is 5.26 Å². The van der Waals surface area contributed by atoms with Gasteiger partial charge < -0.3 is 14.9 Å². The molecule has 0 saturated carbocycles. The number of hydrogen-bond donors (Lipinski definition) is 1. The standard InChI is InChI=1S/C20H21N5O2/c1-12-18(17-7-6-16(27-17)15-5-3-4-8-26-15)14(9-21)20(22)24-19(12)13-10-23-25(2)11-13/h6-7,10-11,15H,3-5,8H2,1-2H3,(H2,22,24). The zero-order valence-electron chi connectivity index (χ0n) is 15.4. The molecule has 0 amide bonds. The molecule has 0 bridgehead atoms. The van der Waals surface area contributed by atoms with Crippen molar-refractivity contribution in [2.75, 3.05) is 12.3 Å². The zero-order chi connectivity index (χ0) is 19.0. The molecule has 27 heavy (non-hydrogen) atoms. The van der Waals surface area contributed by atoms with Gasteiger partial charge in [0.05, 0.1) is 11.9 Å². The Kier molecular flexibility index (Phi) is 4.42. The fourth-order valence-electron chi connectivity index (χ4n) is 3.57. The van der Waals surface area contributed by atoms with Crippen LogP contribution in [-0.4, -0.2) is 21.4 Å².